The highest BCUT2D eigenvalue weighted by Gasteiger charge is 2.39. The molecule has 134 valence electrons. The van der Waals surface area contributed by atoms with Crippen LogP contribution in [0, 0.1) is 5.92 Å². The van der Waals surface area contributed by atoms with Crippen LogP contribution in [0.4, 0.5) is 0 Å². The fourth-order valence-corrected chi connectivity index (χ4v) is 8.36. The van der Waals surface area contributed by atoms with Gasteiger partial charge in [-0.2, -0.15) is 4.86 Å². The highest BCUT2D eigenvalue weighted by Crippen LogP contribution is 2.53. The van der Waals surface area contributed by atoms with E-state index in [0.29, 0.717) is 0 Å². The summed E-state index contributed by atoms with van der Waals surface area (Å²) in [5, 5.41) is 0. The lowest BCUT2D eigenvalue weighted by Crippen LogP contribution is -2.22. The van der Waals surface area contributed by atoms with Crippen molar-refractivity contribution in [2.24, 2.45) is 5.92 Å². The molecule has 1 fully saturated rings. The maximum Gasteiger partial charge on any atom is 0.472 e. The number of halogens is 1. The minimum Gasteiger partial charge on any atom is -0.381 e. The average molecular weight is 519 g/mol. The van der Waals surface area contributed by atoms with E-state index in [1.54, 1.807) is 0 Å². The number of ether oxygens (including phenoxy) is 1. The molecule has 1 rings (SSSR count). The Labute approximate surface area is 154 Å². The lowest BCUT2D eigenvalue weighted by Gasteiger charge is -2.21. The molecule has 0 saturated carbocycles. The fraction of sp³-hybridized carbons (Fsp3) is 1.00. The molecule has 0 aromatic carbocycles. The summed E-state index contributed by atoms with van der Waals surface area (Å²) in [5.74, 6) is 0.0102. The van der Waals surface area contributed by atoms with Gasteiger partial charge in [-0.05, 0) is 17.7 Å². The number of phosphoric ester groups is 1. The van der Waals surface area contributed by atoms with Gasteiger partial charge in [0, 0.05) is 16.6 Å². The summed E-state index contributed by atoms with van der Waals surface area (Å²) < 4.78 is 37.8. The summed E-state index contributed by atoms with van der Waals surface area (Å²) in [6.07, 6.45) is -4.88. The Bertz CT molecular complexity index is 563. The van der Waals surface area contributed by atoms with Gasteiger partial charge in [-0.1, -0.05) is 29.5 Å². The second kappa shape index (κ2) is 8.54. The third-order valence-electron chi connectivity index (χ3n) is 2.87. The SMILES string of the molecule is [B]C1OC(COP(=O)(O)OCP(O)(=S)NP(C)(=O)O)C(C)C1I. The zero-order chi connectivity index (χ0) is 18.1. The highest BCUT2D eigenvalue weighted by molar-refractivity contribution is 14.1. The van der Waals surface area contributed by atoms with Gasteiger partial charge < -0.3 is 19.4 Å². The maximum absolute atomic E-state index is 11.8. The van der Waals surface area contributed by atoms with Crippen LogP contribution in [-0.2, 0) is 34.7 Å². The van der Waals surface area contributed by atoms with E-state index in [1.807, 2.05) is 11.8 Å². The van der Waals surface area contributed by atoms with Crippen LogP contribution in [0.15, 0.2) is 0 Å². The Morgan fingerprint density at radius 3 is 2.35 bits per heavy atom. The van der Waals surface area contributed by atoms with Crippen molar-refractivity contribution in [2.75, 3.05) is 19.6 Å². The van der Waals surface area contributed by atoms with E-state index in [4.69, 9.17) is 22.0 Å². The molecule has 4 N–H and O–H groups in total. The summed E-state index contributed by atoms with van der Waals surface area (Å²) in [6, 6.07) is -0.491. The minimum atomic E-state index is -4.51. The normalized spacial score (nSPS) is 36.1. The van der Waals surface area contributed by atoms with Crippen LogP contribution in [-0.4, -0.2) is 58.2 Å². The maximum atomic E-state index is 11.8. The second-order valence-corrected chi connectivity index (χ2v) is 14.1. The summed E-state index contributed by atoms with van der Waals surface area (Å²) in [4.78, 5) is 30.3. The first-order valence-corrected chi connectivity index (χ1v) is 14.1. The van der Waals surface area contributed by atoms with Crippen LogP contribution in [0.2, 0.25) is 0 Å². The molecule has 9 nitrogen and oxygen atoms in total. The lowest BCUT2D eigenvalue weighted by molar-refractivity contribution is 0.0246. The van der Waals surface area contributed by atoms with Crippen LogP contribution in [0.1, 0.15) is 6.92 Å². The fourth-order valence-electron chi connectivity index (χ4n) is 1.77. The van der Waals surface area contributed by atoms with Crippen LogP contribution in [0.5, 0.6) is 0 Å². The predicted molar refractivity (Wildman–Crippen MR) is 98.5 cm³/mol. The Balaban J connectivity index is 2.49. The number of hydrogen-bond acceptors (Lipinski definition) is 6. The van der Waals surface area contributed by atoms with Crippen LogP contribution in [0.25, 0.3) is 0 Å². The van der Waals surface area contributed by atoms with Gasteiger partial charge in [-0.25, -0.2) is 4.57 Å². The zero-order valence-electron chi connectivity index (χ0n) is 12.3. The van der Waals surface area contributed by atoms with Crippen LogP contribution >= 0.6 is 44.3 Å². The van der Waals surface area contributed by atoms with Crippen molar-refractivity contribution in [2.45, 2.75) is 23.0 Å². The van der Waals surface area contributed by atoms with Crippen molar-refractivity contribution >= 4 is 64.0 Å². The molecule has 1 aliphatic heterocycles. The molecule has 0 aromatic rings. The third kappa shape index (κ3) is 8.24. The standard InChI is InChI=1S/C8H18BINO8P3S/c1-5-6(19-8(9)7(5)10)3-17-22(15,16)18-4-21(14,23)11-20(2,12)13/h5-8H,3-4H2,1-2H3,(H,15,16)(H3,11,12,13,14,23). The Morgan fingerprint density at radius 1 is 1.35 bits per heavy atom. The average Bonchev–Trinajstić information content (AvgIpc) is 2.59. The van der Waals surface area contributed by atoms with Crippen LogP contribution in [0.3, 0.4) is 0 Å². The first kappa shape index (κ1) is 22.7. The topological polar surface area (TPSA) is 135 Å². The number of phosphoric acid groups is 1. The molecule has 1 aliphatic rings. The third-order valence-corrected chi connectivity index (χ3v) is 10.1. The van der Waals surface area contributed by atoms with Gasteiger partial charge in [0.2, 0.25) is 0 Å². The number of alkyl halides is 1. The Hall–Kier alpha value is 1.62. The van der Waals surface area contributed by atoms with E-state index in [1.165, 1.54) is 0 Å². The van der Waals surface area contributed by atoms with Crippen molar-refractivity contribution < 1.29 is 37.6 Å². The highest BCUT2D eigenvalue weighted by atomic mass is 127. The van der Waals surface area contributed by atoms with E-state index < -0.39 is 40.2 Å². The summed E-state index contributed by atoms with van der Waals surface area (Å²) in [7, 11) is -2.59. The van der Waals surface area contributed by atoms with Crippen molar-refractivity contribution in [1.29, 1.82) is 0 Å². The van der Waals surface area contributed by atoms with Gasteiger partial charge in [0.15, 0.2) is 6.42 Å². The molecule has 15 heteroatoms. The summed E-state index contributed by atoms with van der Waals surface area (Å²) >= 11 is 6.80. The van der Waals surface area contributed by atoms with Gasteiger partial charge in [0.05, 0.1) is 12.7 Å². The predicted octanol–water partition coefficient (Wildman–Crippen LogP) is 1.12. The lowest BCUT2D eigenvalue weighted by atomic mass is 9.92. The summed E-state index contributed by atoms with van der Waals surface area (Å²) in [5.41, 5.74) is 0. The van der Waals surface area contributed by atoms with Gasteiger partial charge >= 0.3 is 7.82 Å². The van der Waals surface area contributed by atoms with Crippen LogP contribution < -0.4 is 4.86 Å². The van der Waals surface area contributed by atoms with E-state index in [0.717, 1.165) is 6.66 Å². The minimum absolute atomic E-state index is 0.0102. The molecule has 0 amide bonds. The molecule has 0 aromatic heterocycles. The molecular formula is C8H18BINO8P3S. The molecule has 1 heterocycles. The molecule has 0 spiro atoms. The largest absolute Gasteiger partial charge is 0.472 e. The number of rotatable bonds is 8. The van der Waals surface area contributed by atoms with Crippen molar-refractivity contribution in [1.82, 2.24) is 4.86 Å². The first-order valence-electron chi connectivity index (χ1n) is 6.31. The molecule has 0 aliphatic carbocycles. The molecule has 7 atom stereocenters. The smallest absolute Gasteiger partial charge is 0.381 e. The molecule has 7 unspecified atom stereocenters. The number of hydrogen-bond donors (Lipinski definition) is 4. The summed E-state index contributed by atoms with van der Waals surface area (Å²) in [6.45, 7) is 2.58. The van der Waals surface area contributed by atoms with Gasteiger partial charge in [0.1, 0.15) is 14.2 Å². The quantitative estimate of drug-likeness (QED) is 0.160. The first-order chi connectivity index (χ1) is 10.2. The second-order valence-electron chi connectivity index (χ2n) is 5.15. The number of nitrogens with one attached hydrogen (secondary N) is 1. The van der Waals surface area contributed by atoms with Crippen molar-refractivity contribution in [3.05, 3.63) is 0 Å². The molecule has 2 radical (unpaired) electrons. The molecule has 23 heavy (non-hydrogen) atoms. The van der Waals surface area contributed by atoms with Crippen molar-refractivity contribution in [3.63, 3.8) is 0 Å². The molecular weight excluding hydrogens is 501 g/mol. The zero-order valence-corrected chi connectivity index (χ0v) is 18.0. The van der Waals surface area contributed by atoms with E-state index >= 15 is 0 Å². The van der Waals surface area contributed by atoms with Crippen molar-refractivity contribution in [3.8, 4) is 0 Å². The Kier molecular flexibility index (Phi) is 8.42. The van der Waals surface area contributed by atoms with Gasteiger partial charge in [-0.15, -0.1) is 0 Å². The van der Waals surface area contributed by atoms with Gasteiger partial charge in [0.25, 0.3) is 7.52 Å². The van der Waals surface area contributed by atoms with E-state index in [-0.39, 0.29) is 16.4 Å². The Morgan fingerprint density at radius 2 is 1.91 bits per heavy atom. The van der Waals surface area contributed by atoms with Gasteiger partial charge in [-0.3, -0.25) is 13.6 Å². The van der Waals surface area contributed by atoms with E-state index in [9.17, 15) is 18.9 Å². The monoisotopic (exact) mass is 519 g/mol. The molecule has 0 bridgehead atoms. The van der Waals surface area contributed by atoms with E-state index in [2.05, 4.69) is 38.9 Å². The molecule has 1 saturated heterocycles.